The van der Waals surface area contributed by atoms with Gasteiger partial charge in [0.15, 0.2) is 0 Å². The monoisotopic (exact) mass is 423 g/mol. The van der Waals surface area contributed by atoms with E-state index in [-0.39, 0.29) is 12.5 Å². The van der Waals surface area contributed by atoms with Crippen LogP contribution in [0.2, 0.25) is 10.0 Å². The van der Waals surface area contributed by atoms with Crippen LogP contribution >= 0.6 is 47.2 Å². The van der Waals surface area contributed by atoms with E-state index in [4.69, 9.17) is 40.2 Å². The Morgan fingerprint density at radius 2 is 1.85 bits per heavy atom. The zero-order valence-electron chi connectivity index (χ0n) is 13.9. The standard InChI is InChI=1S/C19H15Cl2NO2S2/c1-2-22-18(23)17(26-19(22)25)10-12-6-3-4-9-16(12)24-11-13-14(20)7-5-8-15(13)21/h3-10H,2,11H2,1H3/b17-10-. The lowest BCUT2D eigenvalue weighted by Gasteiger charge is -2.12. The van der Waals surface area contributed by atoms with Crippen LogP contribution in [0.4, 0.5) is 0 Å². The molecule has 1 aliphatic rings. The largest absolute Gasteiger partial charge is 0.488 e. The van der Waals surface area contributed by atoms with Gasteiger partial charge in [-0.3, -0.25) is 9.69 Å². The second kappa shape index (κ2) is 8.44. The Morgan fingerprint density at radius 3 is 2.50 bits per heavy atom. The Balaban J connectivity index is 1.84. The lowest BCUT2D eigenvalue weighted by molar-refractivity contribution is -0.121. The minimum Gasteiger partial charge on any atom is -0.488 e. The van der Waals surface area contributed by atoms with Gasteiger partial charge in [-0.1, -0.05) is 71.4 Å². The van der Waals surface area contributed by atoms with E-state index in [2.05, 4.69) is 0 Å². The molecular formula is C19H15Cl2NO2S2. The number of benzene rings is 2. The third-order valence-electron chi connectivity index (χ3n) is 3.83. The third-order valence-corrected chi connectivity index (χ3v) is 5.92. The highest BCUT2D eigenvalue weighted by Gasteiger charge is 2.30. The molecule has 1 amide bonds. The average Bonchev–Trinajstić information content (AvgIpc) is 2.89. The van der Waals surface area contributed by atoms with E-state index in [0.717, 1.165) is 11.1 Å². The molecular weight excluding hydrogens is 409 g/mol. The van der Waals surface area contributed by atoms with Gasteiger partial charge in [0, 0.05) is 27.7 Å². The van der Waals surface area contributed by atoms with Crippen LogP contribution in [0.25, 0.3) is 6.08 Å². The number of halogens is 2. The highest BCUT2D eigenvalue weighted by molar-refractivity contribution is 8.26. The third kappa shape index (κ3) is 4.07. The maximum atomic E-state index is 12.4. The predicted molar refractivity (Wildman–Crippen MR) is 113 cm³/mol. The Kier molecular flexibility index (Phi) is 6.24. The van der Waals surface area contributed by atoms with Crippen molar-refractivity contribution in [3.8, 4) is 5.75 Å². The van der Waals surface area contributed by atoms with Gasteiger partial charge in [0.25, 0.3) is 5.91 Å². The van der Waals surface area contributed by atoms with E-state index in [1.165, 1.54) is 11.8 Å². The van der Waals surface area contributed by atoms with Crippen molar-refractivity contribution in [2.75, 3.05) is 6.54 Å². The summed E-state index contributed by atoms with van der Waals surface area (Å²) in [6.45, 7) is 2.70. The highest BCUT2D eigenvalue weighted by Crippen LogP contribution is 2.34. The summed E-state index contributed by atoms with van der Waals surface area (Å²) in [5, 5.41) is 1.11. The molecule has 1 fully saturated rings. The summed E-state index contributed by atoms with van der Waals surface area (Å²) in [5.74, 6) is 0.566. The number of ether oxygens (including phenoxy) is 1. The van der Waals surface area contributed by atoms with Crippen LogP contribution in [0.1, 0.15) is 18.1 Å². The Morgan fingerprint density at radius 1 is 1.15 bits per heavy atom. The van der Waals surface area contributed by atoms with Crippen molar-refractivity contribution in [2.24, 2.45) is 0 Å². The number of likely N-dealkylation sites (N-methyl/N-ethyl adjacent to an activating group) is 1. The fourth-order valence-electron chi connectivity index (χ4n) is 2.47. The lowest BCUT2D eigenvalue weighted by atomic mass is 10.1. The van der Waals surface area contributed by atoms with E-state index in [1.54, 1.807) is 29.2 Å². The van der Waals surface area contributed by atoms with E-state index < -0.39 is 0 Å². The molecule has 0 unspecified atom stereocenters. The first-order valence-corrected chi connectivity index (χ1v) is 9.89. The first kappa shape index (κ1) is 19.2. The van der Waals surface area contributed by atoms with E-state index >= 15 is 0 Å². The fourth-order valence-corrected chi connectivity index (χ4v) is 4.35. The number of thioether (sulfide) groups is 1. The molecule has 3 nitrogen and oxygen atoms in total. The van der Waals surface area contributed by atoms with Gasteiger partial charge in [-0.15, -0.1) is 0 Å². The van der Waals surface area contributed by atoms with Crippen molar-refractivity contribution in [1.29, 1.82) is 0 Å². The van der Waals surface area contributed by atoms with Crippen molar-refractivity contribution in [3.63, 3.8) is 0 Å². The van der Waals surface area contributed by atoms with Crippen LogP contribution in [0.5, 0.6) is 5.75 Å². The molecule has 0 atom stereocenters. The van der Waals surface area contributed by atoms with Crippen LogP contribution in [0, 0.1) is 0 Å². The highest BCUT2D eigenvalue weighted by atomic mass is 35.5. The Bertz CT molecular complexity index is 879. The van der Waals surface area contributed by atoms with Crippen LogP contribution in [0.3, 0.4) is 0 Å². The van der Waals surface area contributed by atoms with Crippen LogP contribution in [0.15, 0.2) is 47.4 Å². The Hall–Kier alpha value is -1.53. The zero-order valence-corrected chi connectivity index (χ0v) is 17.0. The lowest BCUT2D eigenvalue weighted by Crippen LogP contribution is -2.27. The van der Waals surface area contributed by atoms with Crippen LogP contribution in [-0.2, 0) is 11.4 Å². The minimum atomic E-state index is -0.0774. The molecule has 1 heterocycles. The number of carbonyl (C=O) groups excluding carboxylic acids is 1. The van der Waals surface area contributed by atoms with Crippen molar-refractivity contribution >= 4 is 63.5 Å². The number of rotatable bonds is 5. The van der Waals surface area contributed by atoms with Gasteiger partial charge < -0.3 is 4.74 Å². The summed E-state index contributed by atoms with van der Waals surface area (Å²) in [6.07, 6.45) is 1.80. The molecule has 1 aliphatic heterocycles. The second-order valence-electron chi connectivity index (χ2n) is 5.45. The van der Waals surface area contributed by atoms with Crippen LogP contribution < -0.4 is 4.74 Å². The van der Waals surface area contributed by atoms with Gasteiger partial charge >= 0.3 is 0 Å². The van der Waals surface area contributed by atoms with E-state index in [1.807, 2.05) is 31.2 Å². The van der Waals surface area contributed by atoms with Gasteiger partial charge in [0.05, 0.1) is 4.91 Å². The predicted octanol–water partition coefficient (Wildman–Crippen LogP) is 5.79. The molecule has 0 aliphatic carbocycles. The average molecular weight is 424 g/mol. The normalized spacial score (nSPS) is 15.8. The molecule has 26 heavy (non-hydrogen) atoms. The molecule has 134 valence electrons. The summed E-state index contributed by atoms with van der Waals surface area (Å²) < 4.78 is 6.50. The van der Waals surface area contributed by atoms with Gasteiger partial charge in [-0.2, -0.15) is 0 Å². The summed E-state index contributed by atoms with van der Waals surface area (Å²) >= 11 is 18.9. The molecule has 0 radical (unpaired) electrons. The van der Waals surface area contributed by atoms with E-state index in [0.29, 0.717) is 31.6 Å². The maximum Gasteiger partial charge on any atom is 0.266 e. The molecule has 0 spiro atoms. The summed E-state index contributed by atoms with van der Waals surface area (Å²) in [5.41, 5.74) is 1.52. The van der Waals surface area contributed by atoms with Crippen molar-refractivity contribution in [1.82, 2.24) is 4.90 Å². The topological polar surface area (TPSA) is 29.5 Å². The number of para-hydroxylation sites is 1. The van der Waals surface area contributed by atoms with Crippen molar-refractivity contribution < 1.29 is 9.53 Å². The Labute approximate surface area is 171 Å². The number of nitrogens with zero attached hydrogens (tertiary/aromatic N) is 1. The van der Waals surface area contributed by atoms with Crippen molar-refractivity contribution in [2.45, 2.75) is 13.5 Å². The second-order valence-corrected chi connectivity index (χ2v) is 7.94. The summed E-state index contributed by atoms with van der Waals surface area (Å²) in [6, 6.07) is 12.8. The maximum absolute atomic E-state index is 12.4. The number of carbonyl (C=O) groups is 1. The van der Waals surface area contributed by atoms with Gasteiger partial charge in [0.2, 0.25) is 0 Å². The first-order chi connectivity index (χ1) is 12.5. The minimum absolute atomic E-state index is 0.0774. The molecule has 7 heteroatoms. The molecule has 1 saturated heterocycles. The molecule has 0 aromatic heterocycles. The number of hydrogen-bond donors (Lipinski definition) is 0. The molecule has 2 aromatic rings. The molecule has 0 saturated carbocycles. The van der Waals surface area contributed by atoms with Gasteiger partial charge in [-0.05, 0) is 31.2 Å². The zero-order chi connectivity index (χ0) is 18.7. The molecule has 3 rings (SSSR count). The summed E-state index contributed by atoms with van der Waals surface area (Å²) in [7, 11) is 0. The van der Waals surface area contributed by atoms with Gasteiger partial charge in [-0.25, -0.2) is 0 Å². The van der Waals surface area contributed by atoms with Crippen LogP contribution in [-0.4, -0.2) is 21.7 Å². The van der Waals surface area contributed by atoms with Gasteiger partial charge in [0.1, 0.15) is 16.7 Å². The summed E-state index contributed by atoms with van der Waals surface area (Å²) in [4.78, 5) is 14.6. The first-order valence-electron chi connectivity index (χ1n) is 7.91. The molecule has 2 aromatic carbocycles. The smallest absolute Gasteiger partial charge is 0.266 e. The molecule has 0 bridgehead atoms. The quantitative estimate of drug-likeness (QED) is 0.449. The SMILES string of the molecule is CCN1C(=O)/C(=C/c2ccccc2OCc2c(Cl)cccc2Cl)SC1=S. The van der Waals surface area contributed by atoms with Crippen molar-refractivity contribution in [3.05, 3.63) is 68.5 Å². The fraction of sp³-hybridized carbons (Fsp3) is 0.158. The number of amides is 1. The van der Waals surface area contributed by atoms with E-state index in [9.17, 15) is 4.79 Å². The number of thiocarbonyl (C=S) groups is 1. The molecule has 0 N–H and O–H groups in total. The number of hydrogen-bond acceptors (Lipinski definition) is 4.